The Labute approximate surface area is 175 Å². The third-order valence-corrected chi connectivity index (χ3v) is 5.21. The monoisotopic (exact) mass is 397 g/mol. The molecule has 1 amide bonds. The molecule has 5 nitrogen and oxygen atoms in total. The van der Waals surface area contributed by atoms with Gasteiger partial charge in [-0.25, -0.2) is 5.43 Å². The Morgan fingerprint density at radius 3 is 2.43 bits per heavy atom. The molecule has 4 rings (SSSR count). The number of aromatic hydroxyl groups is 1. The molecule has 0 atom stereocenters. The summed E-state index contributed by atoms with van der Waals surface area (Å²) in [6.07, 6.45) is 1.63. The molecule has 0 saturated carbocycles. The van der Waals surface area contributed by atoms with Crippen molar-refractivity contribution in [1.29, 1.82) is 0 Å². The Balaban J connectivity index is 1.56. The van der Waals surface area contributed by atoms with E-state index in [1.165, 1.54) is 5.56 Å². The van der Waals surface area contributed by atoms with E-state index in [0.29, 0.717) is 0 Å². The molecule has 30 heavy (non-hydrogen) atoms. The van der Waals surface area contributed by atoms with Crippen LogP contribution in [0.25, 0.3) is 16.5 Å². The first kappa shape index (κ1) is 19.5. The van der Waals surface area contributed by atoms with Gasteiger partial charge in [0, 0.05) is 22.6 Å². The number of nitrogens with zero attached hydrogens (tertiary/aromatic N) is 2. The molecule has 2 N–H and O–H groups in total. The third kappa shape index (κ3) is 3.70. The lowest BCUT2D eigenvalue weighted by Crippen LogP contribution is -2.17. The predicted molar refractivity (Wildman–Crippen MR) is 121 cm³/mol. The first-order chi connectivity index (χ1) is 14.4. The van der Waals surface area contributed by atoms with Crippen molar-refractivity contribution in [3.8, 4) is 11.4 Å². The van der Waals surface area contributed by atoms with Crippen LogP contribution in [0.4, 0.5) is 0 Å². The highest BCUT2D eigenvalue weighted by molar-refractivity contribution is 6.01. The zero-order valence-electron chi connectivity index (χ0n) is 17.2. The molecule has 150 valence electrons. The molecular formula is C25H23N3O2. The molecule has 0 radical (unpaired) electrons. The van der Waals surface area contributed by atoms with Gasteiger partial charge in [-0.05, 0) is 67.4 Å². The van der Waals surface area contributed by atoms with Crippen LogP contribution in [0.2, 0.25) is 0 Å². The highest BCUT2D eigenvalue weighted by atomic mass is 16.3. The average molecular weight is 397 g/mol. The van der Waals surface area contributed by atoms with Gasteiger partial charge >= 0.3 is 0 Å². The molecule has 1 heterocycles. The van der Waals surface area contributed by atoms with Gasteiger partial charge in [-0.2, -0.15) is 5.10 Å². The zero-order chi connectivity index (χ0) is 21.3. The van der Waals surface area contributed by atoms with Crippen molar-refractivity contribution in [3.63, 3.8) is 0 Å². The SMILES string of the molecule is Cc1cccc(-n2c(C)cc(/C=N/NC(=O)c3cc4ccccc4cc3O)c2C)c1. The Morgan fingerprint density at radius 2 is 1.70 bits per heavy atom. The lowest BCUT2D eigenvalue weighted by atomic mass is 10.1. The molecule has 4 aromatic rings. The number of carbonyl (C=O) groups is 1. The molecule has 0 fully saturated rings. The fraction of sp³-hybridized carbons (Fsp3) is 0.120. The number of benzene rings is 3. The smallest absolute Gasteiger partial charge is 0.275 e. The van der Waals surface area contributed by atoms with E-state index in [0.717, 1.165) is 33.4 Å². The fourth-order valence-corrected chi connectivity index (χ4v) is 3.71. The predicted octanol–water partition coefficient (Wildman–Crippen LogP) is 5.03. The number of fused-ring (bicyclic) bond motifs is 1. The van der Waals surface area contributed by atoms with Crippen molar-refractivity contribution in [2.75, 3.05) is 0 Å². The Hall–Kier alpha value is -3.86. The standard InChI is InChI=1S/C25H23N3O2/c1-16-7-6-10-22(11-16)28-17(2)12-21(18(28)3)15-26-27-25(30)23-13-19-8-4-5-9-20(19)14-24(23)29/h4-15,29H,1-3H3,(H,27,30)/b26-15+. The second-order valence-corrected chi connectivity index (χ2v) is 7.42. The van der Waals surface area contributed by atoms with Crippen molar-refractivity contribution >= 4 is 22.9 Å². The summed E-state index contributed by atoms with van der Waals surface area (Å²) in [7, 11) is 0. The second kappa shape index (κ2) is 7.87. The number of rotatable bonds is 4. The van der Waals surface area contributed by atoms with E-state index in [-0.39, 0.29) is 11.3 Å². The van der Waals surface area contributed by atoms with Gasteiger partial charge in [0.05, 0.1) is 11.8 Å². The Kier molecular flexibility index (Phi) is 5.11. The van der Waals surface area contributed by atoms with Gasteiger partial charge in [0.15, 0.2) is 0 Å². The molecular weight excluding hydrogens is 374 g/mol. The van der Waals surface area contributed by atoms with E-state index >= 15 is 0 Å². The summed E-state index contributed by atoms with van der Waals surface area (Å²) in [5, 5.41) is 16.1. The summed E-state index contributed by atoms with van der Waals surface area (Å²) in [6.45, 7) is 6.13. The highest BCUT2D eigenvalue weighted by Crippen LogP contribution is 2.25. The quantitative estimate of drug-likeness (QED) is 0.375. The molecule has 0 aliphatic heterocycles. The molecule has 1 aromatic heterocycles. The number of carbonyl (C=O) groups excluding carboxylic acids is 1. The third-order valence-electron chi connectivity index (χ3n) is 5.21. The maximum atomic E-state index is 12.5. The summed E-state index contributed by atoms with van der Waals surface area (Å²) in [5.41, 5.74) is 8.02. The molecule has 0 saturated heterocycles. The number of hydrogen-bond donors (Lipinski definition) is 2. The van der Waals surface area contributed by atoms with Crippen molar-refractivity contribution in [3.05, 3.63) is 94.8 Å². The van der Waals surface area contributed by atoms with Crippen molar-refractivity contribution < 1.29 is 9.90 Å². The summed E-state index contributed by atoms with van der Waals surface area (Å²) in [5.74, 6) is -0.527. The van der Waals surface area contributed by atoms with Gasteiger partial charge < -0.3 is 9.67 Å². The van der Waals surface area contributed by atoms with Crippen LogP contribution in [-0.2, 0) is 0 Å². The Bertz CT molecular complexity index is 1290. The van der Waals surface area contributed by atoms with E-state index < -0.39 is 5.91 Å². The lowest BCUT2D eigenvalue weighted by molar-refractivity contribution is 0.0952. The van der Waals surface area contributed by atoms with Crippen LogP contribution in [-0.4, -0.2) is 21.8 Å². The summed E-state index contributed by atoms with van der Waals surface area (Å²) < 4.78 is 2.16. The molecule has 0 spiro atoms. The van der Waals surface area contributed by atoms with Gasteiger partial charge in [0.25, 0.3) is 5.91 Å². The van der Waals surface area contributed by atoms with E-state index in [2.05, 4.69) is 40.2 Å². The van der Waals surface area contributed by atoms with Crippen LogP contribution in [0.5, 0.6) is 5.75 Å². The molecule has 0 unspecified atom stereocenters. The van der Waals surface area contributed by atoms with Gasteiger partial charge in [-0.3, -0.25) is 4.79 Å². The Morgan fingerprint density at radius 1 is 0.967 bits per heavy atom. The number of phenolic OH excluding ortho intramolecular Hbond substituents is 1. The van der Waals surface area contributed by atoms with Crippen LogP contribution in [0.1, 0.15) is 32.9 Å². The van der Waals surface area contributed by atoms with Crippen molar-refractivity contribution in [2.45, 2.75) is 20.8 Å². The van der Waals surface area contributed by atoms with Crippen molar-refractivity contribution in [1.82, 2.24) is 9.99 Å². The summed E-state index contributed by atoms with van der Waals surface area (Å²) >= 11 is 0. The number of hydrazone groups is 1. The van der Waals surface area contributed by atoms with E-state index in [1.54, 1.807) is 18.3 Å². The molecule has 5 heteroatoms. The minimum atomic E-state index is -0.456. The number of hydrogen-bond acceptors (Lipinski definition) is 3. The maximum Gasteiger partial charge on any atom is 0.275 e. The van der Waals surface area contributed by atoms with Gasteiger partial charge in [-0.1, -0.05) is 36.4 Å². The lowest BCUT2D eigenvalue weighted by Gasteiger charge is -2.10. The van der Waals surface area contributed by atoms with Crippen LogP contribution in [0, 0.1) is 20.8 Å². The molecule has 3 aromatic carbocycles. The van der Waals surface area contributed by atoms with E-state index in [4.69, 9.17) is 0 Å². The second-order valence-electron chi connectivity index (χ2n) is 7.42. The molecule has 0 bridgehead atoms. The van der Waals surface area contributed by atoms with E-state index in [1.807, 2.05) is 50.2 Å². The van der Waals surface area contributed by atoms with Gasteiger partial charge in [-0.15, -0.1) is 0 Å². The van der Waals surface area contributed by atoms with Gasteiger partial charge in [0.2, 0.25) is 0 Å². The first-order valence-electron chi connectivity index (χ1n) is 9.75. The minimum Gasteiger partial charge on any atom is -0.507 e. The van der Waals surface area contributed by atoms with Crippen LogP contribution >= 0.6 is 0 Å². The highest BCUT2D eigenvalue weighted by Gasteiger charge is 2.13. The number of amides is 1. The summed E-state index contributed by atoms with van der Waals surface area (Å²) in [6, 6.07) is 21.1. The fourth-order valence-electron chi connectivity index (χ4n) is 3.71. The normalized spacial score (nSPS) is 11.3. The molecule has 0 aliphatic carbocycles. The van der Waals surface area contributed by atoms with Gasteiger partial charge in [0.1, 0.15) is 5.75 Å². The van der Waals surface area contributed by atoms with Crippen LogP contribution in [0.15, 0.2) is 71.8 Å². The number of nitrogens with one attached hydrogen (secondary N) is 1. The minimum absolute atomic E-state index is 0.0703. The zero-order valence-corrected chi connectivity index (χ0v) is 17.2. The van der Waals surface area contributed by atoms with Crippen LogP contribution in [0.3, 0.4) is 0 Å². The van der Waals surface area contributed by atoms with Crippen LogP contribution < -0.4 is 5.43 Å². The summed E-state index contributed by atoms with van der Waals surface area (Å²) in [4.78, 5) is 12.5. The number of aromatic nitrogens is 1. The largest absolute Gasteiger partial charge is 0.507 e. The average Bonchev–Trinajstić information content (AvgIpc) is 3.00. The first-order valence-corrected chi connectivity index (χ1v) is 9.75. The molecule has 0 aliphatic rings. The topological polar surface area (TPSA) is 66.6 Å². The maximum absolute atomic E-state index is 12.5. The van der Waals surface area contributed by atoms with Crippen molar-refractivity contribution in [2.24, 2.45) is 5.10 Å². The van der Waals surface area contributed by atoms with E-state index in [9.17, 15) is 9.90 Å². The number of aryl methyl sites for hydroxylation is 2. The number of phenols is 1.